The Kier molecular flexibility index (Phi) is 6.67. The summed E-state index contributed by atoms with van der Waals surface area (Å²) in [7, 11) is 0. The molecule has 31 heavy (non-hydrogen) atoms. The van der Waals surface area contributed by atoms with Crippen LogP contribution in [0.15, 0.2) is 60.7 Å². The average molecular weight is 440 g/mol. The van der Waals surface area contributed by atoms with Crippen molar-refractivity contribution in [1.29, 1.82) is 0 Å². The van der Waals surface area contributed by atoms with Crippen molar-refractivity contribution in [3.8, 4) is 0 Å². The summed E-state index contributed by atoms with van der Waals surface area (Å²) < 4.78 is 13.9. The summed E-state index contributed by atoms with van der Waals surface area (Å²) in [6.07, 6.45) is 0. The van der Waals surface area contributed by atoms with Crippen molar-refractivity contribution >= 4 is 46.4 Å². The minimum absolute atomic E-state index is 0.101. The zero-order chi connectivity index (χ0) is 22.5. The molecule has 3 aromatic carbocycles. The summed E-state index contributed by atoms with van der Waals surface area (Å²) in [5, 5.41) is 8.34. The maximum atomic E-state index is 13.9. The van der Waals surface area contributed by atoms with Crippen LogP contribution < -0.4 is 16.0 Å². The first kappa shape index (κ1) is 22.0. The molecule has 0 aliphatic carbocycles. The first-order valence-electron chi connectivity index (χ1n) is 9.29. The van der Waals surface area contributed by atoms with Gasteiger partial charge in [-0.15, -0.1) is 0 Å². The highest BCUT2D eigenvalue weighted by Gasteiger charge is 2.15. The molecule has 0 spiro atoms. The summed E-state index contributed by atoms with van der Waals surface area (Å²) in [4.78, 5) is 36.6. The maximum absolute atomic E-state index is 13.9. The Morgan fingerprint density at radius 1 is 0.806 bits per heavy atom. The lowest BCUT2D eigenvalue weighted by atomic mass is 10.1. The van der Waals surface area contributed by atoms with E-state index in [2.05, 4.69) is 16.0 Å². The van der Waals surface area contributed by atoms with E-state index in [1.165, 1.54) is 37.3 Å². The third kappa shape index (κ3) is 5.46. The fourth-order valence-electron chi connectivity index (χ4n) is 2.85. The minimum atomic E-state index is -0.641. The molecular weight excluding hydrogens is 421 g/mol. The molecule has 158 valence electrons. The van der Waals surface area contributed by atoms with Gasteiger partial charge in [-0.2, -0.15) is 0 Å². The van der Waals surface area contributed by atoms with Crippen LogP contribution in [0.25, 0.3) is 0 Å². The zero-order valence-corrected chi connectivity index (χ0v) is 17.5. The van der Waals surface area contributed by atoms with Crippen molar-refractivity contribution < 1.29 is 18.8 Å². The Morgan fingerprint density at radius 2 is 1.52 bits per heavy atom. The smallest absolute Gasteiger partial charge is 0.258 e. The van der Waals surface area contributed by atoms with Crippen molar-refractivity contribution in [3.05, 3.63) is 88.2 Å². The number of nitrogens with one attached hydrogen (secondary N) is 3. The van der Waals surface area contributed by atoms with E-state index in [9.17, 15) is 18.8 Å². The molecule has 3 amide bonds. The monoisotopic (exact) mass is 439 g/mol. The van der Waals surface area contributed by atoms with Gasteiger partial charge in [0.1, 0.15) is 5.82 Å². The fourth-order valence-corrected chi connectivity index (χ4v) is 3.02. The molecule has 6 nitrogen and oxygen atoms in total. The van der Waals surface area contributed by atoms with E-state index in [1.54, 1.807) is 37.3 Å². The van der Waals surface area contributed by atoms with Crippen molar-refractivity contribution in [2.24, 2.45) is 0 Å². The molecule has 0 saturated carbocycles. The lowest BCUT2D eigenvalue weighted by Crippen LogP contribution is -2.17. The molecule has 0 radical (unpaired) electrons. The number of amides is 3. The van der Waals surface area contributed by atoms with Gasteiger partial charge in [0.25, 0.3) is 11.8 Å². The van der Waals surface area contributed by atoms with Gasteiger partial charge in [-0.25, -0.2) is 4.39 Å². The van der Waals surface area contributed by atoms with Gasteiger partial charge in [-0.1, -0.05) is 29.8 Å². The van der Waals surface area contributed by atoms with E-state index in [4.69, 9.17) is 11.6 Å². The summed E-state index contributed by atoms with van der Waals surface area (Å²) in [5.41, 5.74) is 1.94. The summed E-state index contributed by atoms with van der Waals surface area (Å²) in [6.45, 7) is 3.11. The van der Waals surface area contributed by atoms with Crippen LogP contribution in [-0.4, -0.2) is 17.7 Å². The van der Waals surface area contributed by atoms with Crippen molar-refractivity contribution in [2.75, 3.05) is 16.0 Å². The van der Waals surface area contributed by atoms with Crippen LogP contribution in [0.2, 0.25) is 5.02 Å². The lowest BCUT2D eigenvalue weighted by molar-refractivity contribution is -0.114. The second-order valence-electron chi connectivity index (χ2n) is 6.79. The van der Waals surface area contributed by atoms with Gasteiger partial charge in [0.05, 0.1) is 16.9 Å². The van der Waals surface area contributed by atoms with Crippen LogP contribution in [0.5, 0.6) is 0 Å². The highest BCUT2D eigenvalue weighted by atomic mass is 35.5. The highest BCUT2D eigenvalue weighted by molar-refractivity contribution is 6.31. The predicted molar refractivity (Wildman–Crippen MR) is 119 cm³/mol. The Morgan fingerprint density at radius 3 is 2.23 bits per heavy atom. The molecule has 0 unspecified atom stereocenters. The molecule has 0 aromatic heterocycles. The maximum Gasteiger partial charge on any atom is 0.258 e. The van der Waals surface area contributed by atoms with Crippen LogP contribution in [0.3, 0.4) is 0 Å². The molecule has 8 heteroatoms. The molecule has 0 saturated heterocycles. The third-order valence-corrected chi connectivity index (χ3v) is 4.64. The molecule has 0 bridgehead atoms. The summed E-state index contributed by atoms with van der Waals surface area (Å²) >= 11 is 6.01. The standard InChI is InChI=1S/C23H19ClFN3O3/c1-13-7-8-15(11-20(13)27-23(31)17-5-3-4-6-18(17)25)22(30)28-21-12-16(24)9-10-19(21)26-14(2)29/h3-12H,1-2H3,(H,26,29)(H,27,31)(H,28,30). The summed E-state index contributed by atoms with van der Waals surface area (Å²) in [6, 6.07) is 15.1. The molecule has 0 aliphatic heterocycles. The van der Waals surface area contributed by atoms with E-state index in [-0.39, 0.29) is 17.0 Å². The quantitative estimate of drug-likeness (QED) is 0.507. The van der Waals surface area contributed by atoms with Gasteiger partial charge >= 0.3 is 0 Å². The van der Waals surface area contributed by atoms with Gasteiger partial charge in [0.15, 0.2) is 0 Å². The zero-order valence-electron chi connectivity index (χ0n) is 16.8. The van der Waals surface area contributed by atoms with Gasteiger partial charge in [0.2, 0.25) is 5.91 Å². The number of hydrogen-bond donors (Lipinski definition) is 3. The number of halogens is 2. The molecule has 3 rings (SSSR count). The largest absolute Gasteiger partial charge is 0.325 e. The van der Waals surface area contributed by atoms with Crippen LogP contribution in [0.4, 0.5) is 21.5 Å². The molecule has 3 N–H and O–H groups in total. The Labute approximate surface area is 183 Å². The molecular formula is C23H19ClFN3O3. The molecule has 0 heterocycles. The number of carbonyl (C=O) groups excluding carboxylic acids is 3. The van der Waals surface area contributed by atoms with E-state index < -0.39 is 17.6 Å². The average Bonchev–Trinajstić information content (AvgIpc) is 2.71. The van der Waals surface area contributed by atoms with E-state index in [1.807, 2.05) is 0 Å². The molecule has 0 aliphatic rings. The first-order chi connectivity index (χ1) is 14.7. The predicted octanol–water partition coefficient (Wildman–Crippen LogP) is 5.25. The van der Waals surface area contributed by atoms with Gasteiger partial charge in [-0.05, 0) is 55.0 Å². The first-order valence-corrected chi connectivity index (χ1v) is 9.67. The van der Waals surface area contributed by atoms with Crippen molar-refractivity contribution in [1.82, 2.24) is 0 Å². The normalized spacial score (nSPS) is 10.3. The second-order valence-corrected chi connectivity index (χ2v) is 7.23. The minimum Gasteiger partial charge on any atom is -0.325 e. The number of hydrogen-bond acceptors (Lipinski definition) is 3. The van der Waals surface area contributed by atoms with Gasteiger partial charge < -0.3 is 16.0 Å². The number of carbonyl (C=O) groups is 3. The van der Waals surface area contributed by atoms with E-state index in [0.29, 0.717) is 27.6 Å². The second kappa shape index (κ2) is 9.40. The van der Waals surface area contributed by atoms with Crippen LogP contribution in [-0.2, 0) is 4.79 Å². The third-order valence-electron chi connectivity index (χ3n) is 4.41. The fraction of sp³-hybridized carbons (Fsp3) is 0.0870. The van der Waals surface area contributed by atoms with Crippen LogP contribution in [0.1, 0.15) is 33.2 Å². The Hall–Kier alpha value is -3.71. The molecule has 0 atom stereocenters. The summed E-state index contributed by atoms with van der Waals surface area (Å²) in [5.74, 6) is -2.04. The lowest BCUT2D eigenvalue weighted by Gasteiger charge is -2.14. The van der Waals surface area contributed by atoms with Crippen LogP contribution in [0, 0.1) is 12.7 Å². The SMILES string of the molecule is CC(=O)Nc1ccc(Cl)cc1NC(=O)c1ccc(C)c(NC(=O)c2ccccc2F)c1. The number of anilines is 3. The molecule has 3 aromatic rings. The topological polar surface area (TPSA) is 87.3 Å². The van der Waals surface area contributed by atoms with E-state index in [0.717, 1.165) is 0 Å². The van der Waals surface area contributed by atoms with Crippen LogP contribution >= 0.6 is 11.6 Å². The van der Waals surface area contributed by atoms with E-state index >= 15 is 0 Å². The number of aryl methyl sites for hydroxylation is 1. The highest BCUT2D eigenvalue weighted by Crippen LogP contribution is 2.27. The number of rotatable bonds is 5. The van der Waals surface area contributed by atoms with Gasteiger partial charge in [-0.3, -0.25) is 14.4 Å². The Bertz CT molecular complexity index is 1180. The van der Waals surface area contributed by atoms with Crippen molar-refractivity contribution in [2.45, 2.75) is 13.8 Å². The van der Waals surface area contributed by atoms with Gasteiger partial charge in [0, 0.05) is 23.2 Å². The number of benzene rings is 3. The molecule has 0 fully saturated rings. The van der Waals surface area contributed by atoms with Crippen molar-refractivity contribution in [3.63, 3.8) is 0 Å². The Balaban J connectivity index is 1.84.